The molecule has 6 heteroatoms. The maximum absolute atomic E-state index is 5.70. The number of para-hydroxylation sites is 2. The largest absolute Gasteiger partial charge is 0.496 e. The molecule has 0 fully saturated rings. The number of rotatable bonds is 9. The highest BCUT2D eigenvalue weighted by Gasteiger charge is 2.26. The van der Waals surface area contributed by atoms with E-state index in [4.69, 9.17) is 38.4 Å². The molecule has 0 heterocycles. The molecule has 6 aromatic rings. The summed E-state index contributed by atoms with van der Waals surface area (Å²) in [5.41, 5.74) is 14.5. The van der Waals surface area contributed by atoms with Gasteiger partial charge in [-0.2, -0.15) is 0 Å². The summed E-state index contributed by atoms with van der Waals surface area (Å²) in [5, 5.41) is 1.26. The fourth-order valence-corrected chi connectivity index (χ4v) is 5.80. The topological polar surface area (TPSA) is 56.8 Å². The lowest BCUT2D eigenvalue weighted by atomic mass is 9.76. The molecule has 6 aromatic carbocycles. The number of methoxy groups -OCH3 is 2. The molecule has 2 N–H and O–H groups in total. The molecule has 0 saturated heterocycles. The van der Waals surface area contributed by atoms with E-state index in [1.54, 1.807) is 32.4 Å². The zero-order valence-electron chi connectivity index (χ0n) is 29.6. The molecule has 51 heavy (non-hydrogen) atoms. The first-order chi connectivity index (χ1) is 24.6. The van der Waals surface area contributed by atoms with Gasteiger partial charge < -0.3 is 15.2 Å². The summed E-state index contributed by atoms with van der Waals surface area (Å²) in [6, 6.07) is 48.3. The number of hydrogen-bond donors (Lipinski definition) is 1. The van der Waals surface area contributed by atoms with Gasteiger partial charge in [0, 0.05) is 17.4 Å². The van der Waals surface area contributed by atoms with Crippen LogP contribution in [0.25, 0.3) is 5.57 Å². The van der Waals surface area contributed by atoms with Crippen molar-refractivity contribution < 1.29 is 9.47 Å². The second-order valence-corrected chi connectivity index (χ2v) is 13.0. The van der Waals surface area contributed by atoms with Gasteiger partial charge in [0.1, 0.15) is 11.5 Å². The van der Waals surface area contributed by atoms with Gasteiger partial charge in [-0.05, 0) is 82.6 Å². The molecule has 0 aliphatic rings. The second-order valence-electron chi connectivity index (χ2n) is 12.2. The Balaban J connectivity index is 0.000000278. The highest BCUT2D eigenvalue weighted by Crippen LogP contribution is 2.39. The standard InChI is InChI=1S/C32H32O2.C7H6ClN.C6H6ClN/c1-23(25-14-10-7-11-15-25)29-22-28(17-19-31(29)34-5)32(2,3)27-16-18-30(33-4)26(21-27)20-24-12-8-6-9-13-24;1-9-7-5-3-2-4-6(7)8;7-5-3-1-2-4-6(5)8/h6-19,21-22H,1,20H2,2-5H3;2-5H,1H2;1-4H,8H2. The molecule has 0 radical (unpaired) electrons. The maximum atomic E-state index is 5.70. The van der Waals surface area contributed by atoms with E-state index in [0.717, 1.165) is 40.3 Å². The molecular formula is C45H44Cl2N2O2. The van der Waals surface area contributed by atoms with E-state index in [1.165, 1.54) is 22.3 Å². The minimum atomic E-state index is -0.226. The zero-order valence-corrected chi connectivity index (χ0v) is 31.1. The van der Waals surface area contributed by atoms with Crippen LogP contribution in [0.5, 0.6) is 11.5 Å². The van der Waals surface area contributed by atoms with Crippen LogP contribution in [0, 0.1) is 0 Å². The van der Waals surface area contributed by atoms with Gasteiger partial charge in [0.15, 0.2) is 0 Å². The molecule has 0 aliphatic heterocycles. The number of ether oxygens (including phenoxy) is 2. The Morgan fingerprint density at radius 3 is 1.73 bits per heavy atom. The van der Waals surface area contributed by atoms with E-state index < -0.39 is 0 Å². The number of hydrogen-bond acceptors (Lipinski definition) is 4. The predicted octanol–water partition coefficient (Wildman–Crippen LogP) is 12.3. The number of nitrogens with zero attached hydrogens (tertiary/aromatic N) is 1. The first-order valence-electron chi connectivity index (χ1n) is 16.4. The van der Waals surface area contributed by atoms with E-state index in [-0.39, 0.29) is 5.41 Å². The molecule has 6 rings (SSSR count). The van der Waals surface area contributed by atoms with Crippen LogP contribution in [0.1, 0.15) is 47.2 Å². The molecule has 4 nitrogen and oxygen atoms in total. The van der Waals surface area contributed by atoms with Crippen molar-refractivity contribution in [2.45, 2.75) is 25.7 Å². The van der Waals surface area contributed by atoms with Gasteiger partial charge in [0.05, 0.1) is 35.6 Å². The van der Waals surface area contributed by atoms with Crippen molar-refractivity contribution >= 4 is 46.9 Å². The molecule has 0 bridgehead atoms. The first-order valence-corrected chi connectivity index (χ1v) is 17.2. The van der Waals surface area contributed by atoms with E-state index in [0.29, 0.717) is 15.7 Å². The first kappa shape index (κ1) is 38.5. The summed E-state index contributed by atoms with van der Waals surface area (Å²) in [5.74, 6) is 1.74. The van der Waals surface area contributed by atoms with Crippen LogP contribution in [0.4, 0.5) is 11.4 Å². The van der Waals surface area contributed by atoms with Crippen molar-refractivity contribution in [1.29, 1.82) is 0 Å². The van der Waals surface area contributed by atoms with Gasteiger partial charge in [-0.1, -0.05) is 147 Å². The molecule has 0 amide bonds. The van der Waals surface area contributed by atoms with Crippen LogP contribution >= 0.6 is 23.2 Å². The predicted molar refractivity (Wildman–Crippen MR) is 218 cm³/mol. The van der Waals surface area contributed by atoms with Gasteiger partial charge in [-0.15, -0.1) is 0 Å². The maximum Gasteiger partial charge on any atom is 0.126 e. The second kappa shape index (κ2) is 18.6. The Labute approximate surface area is 312 Å². The van der Waals surface area contributed by atoms with Crippen molar-refractivity contribution in [2.24, 2.45) is 4.99 Å². The third kappa shape index (κ3) is 10.4. The molecule has 0 saturated carbocycles. The summed E-state index contributed by atoms with van der Waals surface area (Å²) in [7, 11) is 3.45. The van der Waals surface area contributed by atoms with Crippen molar-refractivity contribution in [1.82, 2.24) is 0 Å². The van der Waals surface area contributed by atoms with E-state index >= 15 is 0 Å². The third-order valence-electron chi connectivity index (χ3n) is 8.54. The molecule has 0 spiro atoms. The Morgan fingerprint density at radius 1 is 0.667 bits per heavy atom. The Kier molecular flexibility index (Phi) is 14.1. The normalized spacial score (nSPS) is 10.5. The lowest BCUT2D eigenvalue weighted by Gasteiger charge is -2.28. The number of benzene rings is 6. The quantitative estimate of drug-likeness (QED) is 0.120. The number of nitrogens with two attached hydrogens (primary N) is 1. The van der Waals surface area contributed by atoms with Crippen molar-refractivity contribution in [3.8, 4) is 11.5 Å². The molecule has 260 valence electrons. The zero-order chi connectivity index (χ0) is 36.8. The van der Waals surface area contributed by atoms with Gasteiger partial charge >= 0.3 is 0 Å². The summed E-state index contributed by atoms with van der Waals surface area (Å²) in [6.45, 7) is 12.3. The lowest BCUT2D eigenvalue weighted by molar-refractivity contribution is 0.410. The number of aliphatic imine (C=N–C) groups is 1. The summed E-state index contributed by atoms with van der Waals surface area (Å²) >= 11 is 11.3. The Hall–Kier alpha value is -5.29. The number of nitrogen functional groups attached to an aromatic ring is 1. The Bertz CT molecular complexity index is 2020. The van der Waals surface area contributed by atoms with Crippen LogP contribution in [0.2, 0.25) is 10.0 Å². The van der Waals surface area contributed by atoms with E-state index in [2.05, 4.69) is 105 Å². The third-order valence-corrected chi connectivity index (χ3v) is 9.20. The molecular weight excluding hydrogens is 671 g/mol. The molecule has 0 aliphatic carbocycles. The average Bonchev–Trinajstić information content (AvgIpc) is 3.17. The van der Waals surface area contributed by atoms with Gasteiger partial charge in [0.2, 0.25) is 0 Å². The van der Waals surface area contributed by atoms with Crippen molar-refractivity contribution in [2.75, 3.05) is 20.0 Å². The number of halogens is 2. The fraction of sp³-hybridized carbons (Fsp3) is 0.133. The van der Waals surface area contributed by atoms with Crippen LogP contribution in [0.3, 0.4) is 0 Å². The van der Waals surface area contributed by atoms with Crippen LogP contribution in [-0.4, -0.2) is 20.9 Å². The number of anilines is 1. The summed E-state index contributed by atoms with van der Waals surface area (Å²) < 4.78 is 11.4. The van der Waals surface area contributed by atoms with Crippen LogP contribution in [0.15, 0.2) is 157 Å². The van der Waals surface area contributed by atoms with Crippen LogP contribution in [-0.2, 0) is 11.8 Å². The summed E-state index contributed by atoms with van der Waals surface area (Å²) in [6.07, 6.45) is 0.826. The Morgan fingerprint density at radius 2 is 1.20 bits per heavy atom. The molecule has 0 aromatic heterocycles. The highest BCUT2D eigenvalue weighted by molar-refractivity contribution is 6.33. The van der Waals surface area contributed by atoms with Gasteiger partial charge in [-0.3, -0.25) is 4.99 Å². The SMILES string of the molecule is C=C(c1ccccc1)c1cc(C(C)(C)c2ccc(OC)c(Cc3ccccc3)c2)ccc1OC.C=Nc1ccccc1Cl.Nc1ccccc1Cl. The van der Waals surface area contributed by atoms with Gasteiger partial charge in [-0.25, -0.2) is 0 Å². The lowest BCUT2D eigenvalue weighted by Crippen LogP contribution is -2.19. The van der Waals surface area contributed by atoms with Crippen molar-refractivity contribution in [3.05, 3.63) is 196 Å². The molecule has 0 atom stereocenters. The molecule has 0 unspecified atom stereocenters. The van der Waals surface area contributed by atoms with Crippen molar-refractivity contribution in [3.63, 3.8) is 0 Å². The van der Waals surface area contributed by atoms with Crippen LogP contribution < -0.4 is 15.2 Å². The average molecular weight is 716 g/mol. The van der Waals surface area contributed by atoms with E-state index in [1.807, 2.05) is 54.6 Å². The van der Waals surface area contributed by atoms with Gasteiger partial charge in [0.25, 0.3) is 0 Å². The monoisotopic (exact) mass is 714 g/mol. The smallest absolute Gasteiger partial charge is 0.126 e. The summed E-state index contributed by atoms with van der Waals surface area (Å²) in [4.78, 5) is 3.69. The minimum absolute atomic E-state index is 0.226. The fourth-order valence-electron chi connectivity index (χ4n) is 5.47. The highest BCUT2D eigenvalue weighted by atomic mass is 35.5. The minimum Gasteiger partial charge on any atom is -0.496 e. The van der Waals surface area contributed by atoms with E-state index in [9.17, 15) is 0 Å².